The van der Waals surface area contributed by atoms with Crippen molar-refractivity contribution in [3.8, 4) is 0 Å². The van der Waals surface area contributed by atoms with Crippen molar-refractivity contribution in [3.63, 3.8) is 0 Å². The van der Waals surface area contributed by atoms with Gasteiger partial charge in [-0.05, 0) is 52.2 Å². The standard InChI is InChI=1S/C36H36N2O6/c1-2-3-4-5-6-7-8-9-10-11-18-38-27-19-26-30-25(36(43)44-33(26)37)17-13-21-20-12-15-23(34(39)40)29-24(35(41)42)16-14-22(28(20)29)31(27)32(21)30/h12-17,19,37-38H,2-11,18H2,1H3,(H,39,40)(H,41,42). The minimum Gasteiger partial charge on any atom is -0.478 e. The van der Waals surface area contributed by atoms with E-state index in [1.165, 1.54) is 63.5 Å². The van der Waals surface area contributed by atoms with Crippen molar-refractivity contribution in [2.75, 3.05) is 11.9 Å². The molecule has 226 valence electrons. The average molecular weight is 593 g/mol. The summed E-state index contributed by atoms with van der Waals surface area (Å²) >= 11 is 0. The maximum atomic E-state index is 12.8. The molecule has 0 unspecified atom stereocenters. The lowest BCUT2D eigenvalue weighted by Crippen LogP contribution is -2.20. The number of benzene rings is 5. The van der Waals surface area contributed by atoms with Gasteiger partial charge >= 0.3 is 17.9 Å². The third-order valence-corrected chi connectivity index (χ3v) is 8.97. The summed E-state index contributed by atoms with van der Waals surface area (Å²) in [6.45, 7) is 2.92. The number of unbranched alkanes of at least 4 members (excludes halogenated alkanes) is 9. The van der Waals surface area contributed by atoms with Crippen LogP contribution in [0.15, 0.2) is 42.5 Å². The molecule has 44 heavy (non-hydrogen) atoms. The maximum Gasteiger partial charge on any atom is 0.345 e. The molecule has 5 aromatic carbocycles. The van der Waals surface area contributed by atoms with E-state index in [1.54, 1.807) is 24.3 Å². The number of carboxylic acid groups (broad SMARTS) is 2. The molecule has 1 aliphatic rings. The van der Waals surface area contributed by atoms with Crippen LogP contribution in [-0.2, 0) is 4.74 Å². The van der Waals surface area contributed by atoms with Crippen molar-refractivity contribution in [1.82, 2.24) is 0 Å². The minimum absolute atomic E-state index is 0.0812. The van der Waals surface area contributed by atoms with Gasteiger partial charge in [-0.15, -0.1) is 0 Å². The van der Waals surface area contributed by atoms with Gasteiger partial charge in [0.1, 0.15) is 0 Å². The first kappa shape index (κ1) is 29.4. The molecule has 0 aromatic heterocycles. The van der Waals surface area contributed by atoms with Crippen molar-refractivity contribution in [2.45, 2.75) is 71.1 Å². The Morgan fingerprint density at radius 3 is 1.89 bits per heavy atom. The first-order valence-electron chi connectivity index (χ1n) is 15.6. The summed E-state index contributed by atoms with van der Waals surface area (Å²) in [6.07, 6.45) is 12.2. The highest BCUT2D eigenvalue weighted by Crippen LogP contribution is 2.47. The number of fused-ring (bicyclic) bond motifs is 2. The van der Waals surface area contributed by atoms with E-state index in [1.807, 2.05) is 6.07 Å². The fourth-order valence-corrected chi connectivity index (χ4v) is 6.88. The van der Waals surface area contributed by atoms with Gasteiger partial charge in [-0.3, -0.25) is 5.41 Å². The molecule has 5 aromatic rings. The lowest BCUT2D eigenvalue weighted by molar-refractivity contribution is 0.0692. The van der Waals surface area contributed by atoms with E-state index >= 15 is 0 Å². The van der Waals surface area contributed by atoms with Gasteiger partial charge < -0.3 is 20.3 Å². The topological polar surface area (TPSA) is 137 Å². The summed E-state index contributed by atoms with van der Waals surface area (Å²) in [7, 11) is 0. The Labute approximate surface area is 254 Å². The highest BCUT2D eigenvalue weighted by Gasteiger charge is 2.30. The molecule has 8 nitrogen and oxygen atoms in total. The Balaban J connectivity index is 1.44. The van der Waals surface area contributed by atoms with E-state index in [0.29, 0.717) is 39.2 Å². The van der Waals surface area contributed by atoms with E-state index in [4.69, 9.17) is 10.1 Å². The van der Waals surface area contributed by atoms with Crippen LogP contribution < -0.4 is 5.32 Å². The van der Waals surface area contributed by atoms with E-state index in [0.717, 1.165) is 34.7 Å². The Bertz CT molecular complexity index is 1940. The number of rotatable bonds is 14. The Hall–Kier alpha value is -4.72. The summed E-state index contributed by atoms with van der Waals surface area (Å²) in [5, 5.41) is 37.1. The second kappa shape index (κ2) is 12.1. The third kappa shape index (κ3) is 4.98. The molecule has 1 heterocycles. The predicted octanol–water partition coefficient (Wildman–Crippen LogP) is 8.96. The SMILES string of the molecule is CCCCCCCCCCCCNc1cc2c3c(ccc4c5ccc(C(=O)O)c6c(C(=O)O)ccc(c1c34)c65)C(=O)OC2=N. The summed E-state index contributed by atoms with van der Waals surface area (Å²) in [4.78, 5) is 37.4. The van der Waals surface area contributed by atoms with E-state index in [9.17, 15) is 24.6 Å². The Kier molecular flexibility index (Phi) is 8.08. The zero-order valence-corrected chi connectivity index (χ0v) is 24.8. The summed E-state index contributed by atoms with van der Waals surface area (Å²) in [5.74, 6) is -3.22. The quantitative estimate of drug-likeness (QED) is 0.0437. The number of hydrogen-bond acceptors (Lipinski definition) is 6. The second-order valence-corrected chi connectivity index (χ2v) is 11.8. The van der Waals surface area contributed by atoms with Crippen molar-refractivity contribution < 1.29 is 29.3 Å². The molecule has 0 fully saturated rings. The van der Waals surface area contributed by atoms with E-state index < -0.39 is 17.9 Å². The van der Waals surface area contributed by atoms with Gasteiger partial charge in [0.25, 0.3) is 0 Å². The van der Waals surface area contributed by atoms with Gasteiger partial charge in [-0.1, -0.05) is 82.9 Å². The van der Waals surface area contributed by atoms with Gasteiger partial charge in [-0.25, -0.2) is 14.4 Å². The number of carboxylic acids is 2. The molecule has 1 aliphatic heterocycles. The number of nitrogens with one attached hydrogen (secondary N) is 2. The number of carbonyl (C=O) groups is 3. The van der Waals surface area contributed by atoms with Crippen LogP contribution in [0, 0.1) is 5.41 Å². The number of hydrogen-bond donors (Lipinski definition) is 4. The molecular formula is C36H36N2O6. The highest BCUT2D eigenvalue weighted by molar-refractivity contribution is 6.41. The number of anilines is 1. The maximum absolute atomic E-state index is 12.8. The molecule has 0 atom stereocenters. The van der Waals surface area contributed by atoms with Crippen LogP contribution in [0.2, 0.25) is 0 Å². The van der Waals surface area contributed by atoms with Gasteiger partial charge in [-0.2, -0.15) is 0 Å². The molecule has 0 spiro atoms. The van der Waals surface area contributed by atoms with Crippen LogP contribution in [-0.4, -0.2) is 40.6 Å². The zero-order valence-electron chi connectivity index (χ0n) is 24.8. The van der Waals surface area contributed by atoms with Gasteiger partial charge in [0.15, 0.2) is 0 Å². The predicted molar refractivity (Wildman–Crippen MR) is 174 cm³/mol. The Morgan fingerprint density at radius 1 is 0.682 bits per heavy atom. The first-order chi connectivity index (χ1) is 21.3. The third-order valence-electron chi connectivity index (χ3n) is 8.97. The van der Waals surface area contributed by atoms with Gasteiger partial charge in [0.05, 0.1) is 16.7 Å². The van der Waals surface area contributed by atoms with Crippen LogP contribution in [0.5, 0.6) is 0 Å². The van der Waals surface area contributed by atoms with Crippen molar-refractivity contribution in [2.24, 2.45) is 0 Å². The molecule has 0 saturated carbocycles. The molecule has 0 saturated heterocycles. The van der Waals surface area contributed by atoms with Gasteiger partial charge in [0, 0.05) is 39.3 Å². The van der Waals surface area contributed by atoms with Crippen molar-refractivity contribution in [1.29, 1.82) is 5.41 Å². The summed E-state index contributed by atoms with van der Waals surface area (Å²) in [5.41, 5.74) is 1.45. The number of cyclic esters (lactones) is 1. The van der Waals surface area contributed by atoms with Crippen molar-refractivity contribution >= 4 is 72.6 Å². The fraction of sp³-hybridized carbons (Fsp3) is 0.333. The number of aromatic carboxylic acids is 2. The monoisotopic (exact) mass is 592 g/mol. The molecule has 0 radical (unpaired) electrons. The molecular weight excluding hydrogens is 556 g/mol. The molecule has 6 rings (SSSR count). The molecule has 0 bridgehead atoms. The lowest BCUT2D eigenvalue weighted by atomic mass is 9.83. The average Bonchev–Trinajstić information content (AvgIpc) is 3.00. The zero-order chi connectivity index (χ0) is 31.0. The molecule has 4 N–H and O–H groups in total. The molecule has 8 heteroatoms. The van der Waals surface area contributed by atoms with Crippen LogP contribution in [0.1, 0.15) is 108 Å². The van der Waals surface area contributed by atoms with E-state index in [-0.39, 0.29) is 22.4 Å². The number of carbonyl (C=O) groups excluding carboxylic acids is 1. The molecule has 0 amide bonds. The van der Waals surface area contributed by atoms with Gasteiger partial charge in [0.2, 0.25) is 5.90 Å². The summed E-state index contributed by atoms with van der Waals surface area (Å²) in [6, 6.07) is 11.6. The van der Waals surface area contributed by atoms with Crippen LogP contribution >= 0.6 is 0 Å². The largest absolute Gasteiger partial charge is 0.478 e. The number of esters is 1. The van der Waals surface area contributed by atoms with Crippen LogP contribution in [0.25, 0.3) is 43.1 Å². The number of ether oxygens (including phenoxy) is 1. The fourth-order valence-electron chi connectivity index (χ4n) is 6.88. The smallest absolute Gasteiger partial charge is 0.345 e. The normalized spacial score (nSPS) is 12.9. The van der Waals surface area contributed by atoms with Crippen molar-refractivity contribution in [3.05, 3.63) is 64.7 Å². The molecule has 0 aliphatic carbocycles. The highest BCUT2D eigenvalue weighted by atomic mass is 16.5. The minimum atomic E-state index is -1.21. The second-order valence-electron chi connectivity index (χ2n) is 11.8. The van der Waals surface area contributed by atoms with E-state index in [2.05, 4.69) is 12.2 Å². The Morgan fingerprint density at radius 2 is 1.25 bits per heavy atom. The van der Waals surface area contributed by atoms with Crippen LogP contribution in [0.4, 0.5) is 5.69 Å². The summed E-state index contributed by atoms with van der Waals surface area (Å²) < 4.78 is 5.30. The lowest BCUT2D eigenvalue weighted by Gasteiger charge is -2.24. The van der Waals surface area contributed by atoms with Crippen LogP contribution in [0.3, 0.4) is 0 Å². The first-order valence-corrected chi connectivity index (χ1v) is 15.6.